The molecule has 0 bridgehead atoms. The fraction of sp³-hybridized carbons (Fsp3) is 0.571. The van der Waals surface area contributed by atoms with Crippen LogP contribution in [0.15, 0.2) is 24.3 Å². The molecular formula is C14H17F7O3Si. The maximum absolute atomic E-state index is 14.0. The second-order valence-electron chi connectivity index (χ2n) is 5.03. The number of rotatable bonds is 8. The van der Waals surface area contributed by atoms with Gasteiger partial charge in [-0.1, -0.05) is 18.2 Å². The van der Waals surface area contributed by atoms with Crippen LogP contribution < -0.4 is 5.19 Å². The summed E-state index contributed by atoms with van der Waals surface area (Å²) < 4.78 is 104. The Kier molecular flexibility index (Phi) is 6.65. The van der Waals surface area contributed by atoms with Crippen LogP contribution in [0.5, 0.6) is 0 Å². The molecule has 1 aromatic carbocycles. The Balaban J connectivity index is 3.30. The average Bonchev–Trinajstić information content (AvgIpc) is 2.45. The van der Waals surface area contributed by atoms with E-state index in [9.17, 15) is 30.7 Å². The van der Waals surface area contributed by atoms with Crippen molar-refractivity contribution in [2.24, 2.45) is 0 Å². The van der Waals surface area contributed by atoms with Crippen LogP contribution >= 0.6 is 0 Å². The molecule has 0 amide bonds. The van der Waals surface area contributed by atoms with Gasteiger partial charge in [-0.3, -0.25) is 0 Å². The zero-order valence-electron chi connectivity index (χ0n) is 13.6. The van der Waals surface area contributed by atoms with Crippen molar-refractivity contribution in [1.82, 2.24) is 0 Å². The van der Waals surface area contributed by atoms with E-state index in [4.69, 9.17) is 8.85 Å². The standard InChI is InChI=1S/C14H17F7O3Si/c1-4-22-25(3,23-5-2)11-8-6-7-10(9-11)12(15,16)13(17,18)24-14(19,20)21/h6-9H,4-5H2,1-3H3. The highest BCUT2D eigenvalue weighted by Crippen LogP contribution is 2.46. The van der Waals surface area contributed by atoms with Gasteiger partial charge in [0, 0.05) is 18.8 Å². The molecule has 144 valence electrons. The molecule has 0 saturated heterocycles. The van der Waals surface area contributed by atoms with Crippen molar-refractivity contribution in [3.05, 3.63) is 29.8 Å². The normalized spacial score (nSPS) is 14.0. The van der Waals surface area contributed by atoms with Gasteiger partial charge >= 0.3 is 27.0 Å². The van der Waals surface area contributed by atoms with Crippen LogP contribution in [-0.2, 0) is 19.5 Å². The molecule has 0 saturated carbocycles. The number of alkyl halides is 7. The van der Waals surface area contributed by atoms with Crippen molar-refractivity contribution < 1.29 is 44.3 Å². The second-order valence-corrected chi connectivity index (χ2v) is 8.08. The summed E-state index contributed by atoms with van der Waals surface area (Å²) in [7, 11) is -3.18. The molecule has 0 aliphatic heterocycles. The predicted molar refractivity (Wildman–Crippen MR) is 76.9 cm³/mol. The van der Waals surface area contributed by atoms with Crippen molar-refractivity contribution in [3.8, 4) is 0 Å². The predicted octanol–water partition coefficient (Wildman–Crippen LogP) is 4.26. The lowest BCUT2D eigenvalue weighted by atomic mass is 10.1. The highest BCUT2D eigenvalue weighted by atomic mass is 28.4. The van der Waals surface area contributed by atoms with Crippen LogP contribution in [-0.4, -0.2) is 34.2 Å². The molecule has 0 atom stereocenters. The molecule has 0 N–H and O–H groups in total. The van der Waals surface area contributed by atoms with Gasteiger partial charge in [-0.15, -0.1) is 13.2 Å². The van der Waals surface area contributed by atoms with Gasteiger partial charge in [0.25, 0.3) is 0 Å². The molecule has 0 aliphatic carbocycles. The number of ether oxygens (including phenoxy) is 1. The van der Waals surface area contributed by atoms with Crippen LogP contribution in [0.4, 0.5) is 30.7 Å². The van der Waals surface area contributed by atoms with Gasteiger partial charge in [0.1, 0.15) is 0 Å². The summed E-state index contributed by atoms with van der Waals surface area (Å²) >= 11 is 0. The number of halogens is 7. The van der Waals surface area contributed by atoms with Gasteiger partial charge in [-0.05, 0) is 31.6 Å². The smallest absolute Gasteiger partial charge is 0.391 e. The van der Waals surface area contributed by atoms with Crippen molar-refractivity contribution in [2.75, 3.05) is 13.2 Å². The molecule has 0 heterocycles. The van der Waals surface area contributed by atoms with E-state index in [2.05, 4.69) is 4.74 Å². The van der Waals surface area contributed by atoms with Gasteiger partial charge in [-0.2, -0.15) is 17.6 Å². The Bertz CT molecular complexity index is 572. The Morgan fingerprint density at radius 1 is 0.920 bits per heavy atom. The number of hydrogen-bond acceptors (Lipinski definition) is 3. The Labute approximate surface area is 140 Å². The summed E-state index contributed by atoms with van der Waals surface area (Å²) in [4.78, 5) is 0. The zero-order chi connectivity index (χ0) is 19.5. The molecule has 0 radical (unpaired) electrons. The second kappa shape index (κ2) is 7.60. The molecule has 0 unspecified atom stereocenters. The third kappa shape index (κ3) is 5.15. The van der Waals surface area contributed by atoms with Gasteiger partial charge in [-0.25, -0.2) is 4.74 Å². The van der Waals surface area contributed by atoms with E-state index < -0.39 is 32.5 Å². The van der Waals surface area contributed by atoms with E-state index in [1.165, 1.54) is 12.6 Å². The molecule has 3 nitrogen and oxygen atoms in total. The summed E-state index contributed by atoms with van der Waals surface area (Å²) in [6.07, 6.45) is -11.7. The Morgan fingerprint density at radius 3 is 1.88 bits per heavy atom. The third-order valence-corrected chi connectivity index (χ3v) is 6.24. The van der Waals surface area contributed by atoms with E-state index in [-0.39, 0.29) is 18.4 Å². The summed E-state index contributed by atoms with van der Waals surface area (Å²) in [6, 6.07) is 3.60. The lowest BCUT2D eigenvalue weighted by molar-refractivity contribution is -0.469. The SMILES string of the molecule is CCO[Si](C)(OCC)c1cccc(C(F)(F)C(F)(F)OC(F)(F)F)c1. The third-order valence-electron chi connectivity index (χ3n) is 3.20. The molecular weight excluding hydrogens is 377 g/mol. The van der Waals surface area contributed by atoms with Crippen molar-refractivity contribution >= 4 is 13.7 Å². The van der Waals surface area contributed by atoms with E-state index >= 15 is 0 Å². The molecule has 11 heteroatoms. The lowest BCUT2D eigenvalue weighted by Crippen LogP contribution is -2.52. The minimum absolute atomic E-state index is 0.0798. The maximum Gasteiger partial charge on any atom is 0.527 e. The van der Waals surface area contributed by atoms with Crippen LogP contribution in [0.3, 0.4) is 0 Å². The minimum atomic E-state index is -5.93. The Hall–Kier alpha value is -1.17. The topological polar surface area (TPSA) is 27.7 Å². The summed E-state index contributed by atoms with van der Waals surface area (Å²) in [5.74, 6) is -5.22. The first kappa shape index (κ1) is 21.9. The molecule has 1 rings (SSSR count). The number of hydrogen-bond donors (Lipinski definition) is 0. The van der Waals surface area contributed by atoms with Gasteiger partial charge in [0.05, 0.1) is 0 Å². The fourth-order valence-corrected chi connectivity index (χ4v) is 4.47. The molecule has 25 heavy (non-hydrogen) atoms. The Morgan fingerprint density at radius 2 is 1.44 bits per heavy atom. The largest absolute Gasteiger partial charge is 0.527 e. The molecule has 0 spiro atoms. The van der Waals surface area contributed by atoms with Crippen LogP contribution in [0.25, 0.3) is 0 Å². The van der Waals surface area contributed by atoms with E-state index in [0.717, 1.165) is 6.07 Å². The minimum Gasteiger partial charge on any atom is -0.391 e. The highest BCUT2D eigenvalue weighted by molar-refractivity contribution is 6.80. The first-order valence-electron chi connectivity index (χ1n) is 7.20. The maximum atomic E-state index is 14.0. The summed E-state index contributed by atoms with van der Waals surface area (Å²) in [5.41, 5.74) is -1.34. The molecule has 1 aromatic rings. The van der Waals surface area contributed by atoms with Crippen molar-refractivity contribution in [3.63, 3.8) is 0 Å². The van der Waals surface area contributed by atoms with Gasteiger partial charge in [0.2, 0.25) is 0 Å². The van der Waals surface area contributed by atoms with E-state index in [0.29, 0.717) is 12.1 Å². The fourth-order valence-electron chi connectivity index (χ4n) is 2.13. The van der Waals surface area contributed by atoms with Gasteiger partial charge in [0.15, 0.2) is 0 Å². The number of benzene rings is 1. The lowest BCUT2D eigenvalue weighted by Gasteiger charge is -2.29. The molecule has 0 fully saturated rings. The molecule has 0 aromatic heterocycles. The van der Waals surface area contributed by atoms with Crippen LogP contribution in [0, 0.1) is 0 Å². The van der Waals surface area contributed by atoms with E-state index in [1.807, 2.05) is 0 Å². The van der Waals surface area contributed by atoms with Crippen molar-refractivity contribution in [1.29, 1.82) is 0 Å². The van der Waals surface area contributed by atoms with Crippen LogP contribution in [0.2, 0.25) is 6.55 Å². The average molecular weight is 394 g/mol. The molecule has 0 aliphatic rings. The van der Waals surface area contributed by atoms with E-state index in [1.54, 1.807) is 13.8 Å². The van der Waals surface area contributed by atoms with Crippen LogP contribution in [0.1, 0.15) is 19.4 Å². The zero-order valence-corrected chi connectivity index (χ0v) is 14.6. The first-order chi connectivity index (χ1) is 11.3. The highest BCUT2D eigenvalue weighted by Gasteiger charge is 2.64. The van der Waals surface area contributed by atoms with Crippen molar-refractivity contribution in [2.45, 2.75) is 38.8 Å². The summed E-state index contributed by atoms with van der Waals surface area (Å²) in [6.45, 7) is 5.14. The first-order valence-corrected chi connectivity index (χ1v) is 9.52. The quantitative estimate of drug-likeness (QED) is 0.487. The monoisotopic (exact) mass is 394 g/mol. The summed E-state index contributed by atoms with van der Waals surface area (Å²) in [5, 5.41) is 0.0798. The van der Waals surface area contributed by atoms with Gasteiger partial charge < -0.3 is 8.85 Å².